The van der Waals surface area contributed by atoms with Crippen molar-refractivity contribution in [2.45, 2.75) is 122 Å². The second-order valence-corrected chi connectivity index (χ2v) is 14.4. The quantitative estimate of drug-likeness (QED) is 0.233. The van der Waals surface area contributed by atoms with Crippen molar-refractivity contribution >= 4 is 17.3 Å². The zero-order valence-electron chi connectivity index (χ0n) is 28.9. The van der Waals surface area contributed by atoms with Gasteiger partial charge in [0.1, 0.15) is 0 Å². The molecule has 0 radical (unpaired) electrons. The van der Waals surface area contributed by atoms with Gasteiger partial charge < -0.3 is 0 Å². The van der Waals surface area contributed by atoms with Crippen LogP contribution in [0.4, 0.5) is 0 Å². The van der Waals surface area contributed by atoms with Crippen molar-refractivity contribution in [2.24, 2.45) is 34.0 Å². The molecule has 42 heavy (non-hydrogen) atoms. The Labute approximate surface area is 258 Å². The zero-order chi connectivity index (χ0) is 32.3. The van der Waals surface area contributed by atoms with E-state index >= 15 is 0 Å². The Morgan fingerprint density at radius 3 is 1.88 bits per heavy atom. The van der Waals surface area contributed by atoms with Crippen LogP contribution in [0.2, 0.25) is 0 Å². The Balaban J connectivity index is 0.000000315. The van der Waals surface area contributed by atoms with Gasteiger partial charge in [0.05, 0.1) is 0 Å². The van der Waals surface area contributed by atoms with E-state index in [9.17, 15) is 14.4 Å². The summed E-state index contributed by atoms with van der Waals surface area (Å²) in [5, 5.41) is 0. The van der Waals surface area contributed by atoms with Gasteiger partial charge in [-0.05, 0) is 114 Å². The maximum Gasteiger partial charge on any atom is 0.181 e. The van der Waals surface area contributed by atoms with Crippen molar-refractivity contribution in [1.82, 2.24) is 0 Å². The van der Waals surface area contributed by atoms with Gasteiger partial charge in [-0.2, -0.15) is 0 Å². The van der Waals surface area contributed by atoms with Crippen molar-refractivity contribution in [3.05, 3.63) is 71.4 Å². The monoisotopic (exact) mass is 576 g/mol. The molecule has 3 atom stereocenters. The number of ketones is 3. The average Bonchev–Trinajstić information content (AvgIpc) is 2.83. The number of carbonyl (C=O) groups is 3. The van der Waals surface area contributed by atoms with Crippen LogP contribution >= 0.6 is 0 Å². The summed E-state index contributed by atoms with van der Waals surface area (Å²) >= 11 is 0. The lowest BCUT2D eigenvalue weighted by Gasteiger charge is -2.38. The summed E-state index contributed by atoms with van der Waals surface area (Å²) in [4.78, 5) is 35.7. The molecular weight excluding hydrogens is 516 g/mol. The number of hydrogen-bond donors (Lipinski definition) is 0. The van der Waals surface area contributed by atoms with E-state index in [-0.39, 0.29) is 45.4 Å². The first-order valence-electron chi connectivity index (χ1n) is 16.0. The number of allylic oxidation sites excluding steroid dienone is 12. The highest BCUT2D eigenvalue weighted by Gasteiger charge is 2.38. The topological polar surface area (TPSA) is 51.2 Å². The fraction of sp³-hybridized carbons (Fsp3) is 0.615. The summed E-state index contributed by atoms with van der Waals surface area (Å²) in [6.45, 7) is 25.1. The lowest BCUT2D eigenvalue weighted by atomic mass is 9.65. The van der Waals surface area contributed by atoms with Gasteiger partial charge in [-0.3, -0.25) is 14.4 Å². The molecular formula is C39H60O3. The molecule has 3 aliphatic rings. The molecule has 234 valence electrons. The van der Waals surface area contributed by atoms with Gasteiger partial charge in [0.2, 0.25) is 0 Å². The highest BCUT2D eigenvalue weighted by Crippen LogP contribution is 2.43. The van der Waals surface area contributed by atoms with E-state index in [2.05, 4.69) is 80.5 Å². The molecule has 0 bridgehead atoms. The fourth-order valence-electron chi connectivity index (χ4n) is 7.27. The van der Waals surface area contributed by atoms with Gasteiger partial charge in [0.15, 0.2) is 17.3 Å². The summed E-state index contributed by atoms with van der Waals surface area (Å²) in [6, 6.07) is 0. The zero-order valence-corrected chi connectivity index (χ0v) is 28.9. The van der Waals surface area contributed by atoms with Crippen LogP contribution in [0, 0.1) is 34.0 Å². The largest absolute Gasteiger partial charge is 0.295 e. The van der Waals surface area contributed by atoms with E-state index in [0.29, 0.717) is 5.92 Å². The first-order valence-corrected chi connectivity index (χ1v) is 16.0. The molecule has 3 rings (SSSR count). The van der Waals surface area contributed by atoms with E-state index in [1.165, 1.54) is 17.6 Å². The van der Waals surface area contributed by atoms with Gasteiger partial charge >= 0.3 is 0 Å². The van der Waals surface area contributed by atoms with Crippen molar-refractivity contribution in [2.75, 3.05) is 0 Å². The molecule has 3 nitrogen and oxygen atoms in total. The van der Waals surface area contributed by atoms with Crippen LogP contribution in [0.15, 0.2) is 71.4 Å². The smallest absolute Gasteiger partial charge is 0.181 e. The molecule has 3 heteroatoms. The molecule has 0 heterocycles. The molecule has 0 aromatic rings. The third kappa shape index (κ3) is 10.3. The van der Waals surface area contributed by atoms with Gasteiger partial charge in [-0.15, -0.1) is 0 Å². The number of hydrogen-bond acceptors (Lipinski definition) is 3. The lowest BCUT2D eigenvalue weighted by molar-refractivity contribution is -0.123. The van der Waals surface area contributed by atoms with Crippen LogP contribution in [0.5, 0.6) is 0 Å². The Morgan fingerprint density at radius 1 is 0.810 bits per heavy atom. The molecule has 0 aliphatic heterocycles. The van der Waals surface area contributed by atoms with Gasteiger partial charge in [0, 0.05) is 17.4 Å². The molecule has 0 amide bonds. The minimum absolute atomic E-state index is 0.0684. The minimum Gasteiger partial charge on any atom is -0.295 e. The van der Waals surface area contributed by atoms with Crippen molar-refractivity contribution in [1.29, 1.82) is 0 Å². The van der Waals surface area contributed by atoms with Crippen LogP contribution in [-0.2, 0) is 14.4 Å². The molecule has 3 unspecified atom stereocenters. The van der Waals surface area contributed by atoms with Gasteiger partial charge in [-0.1, -0.05) is 96.1 Å². The fourth-order valence-corrected chi connectivity index (χ4v) is 7.27. The number of carbonyl (C=O) groups excluding carboxylic acids is 3. The molecule has 0 saturated carbocycles. The maximum atomic E-state index is 11.9. The molecule has 0 spiro atoms. The molecule has 3 aliphatic carbocycles. The third-order valence-corrected chi connectivity index (χ3v) is 9.22. The van der Waals surface area contributed by atoms with Crippen LogP contribution in [0.3, 0.4) is 0 Å². The van der Waals surface area contributed by atoms with Gasteiger partial charge in [-0.25, -0.2) is 0 Å². The predicted octanol–water partition coefficient (Wildman–Crippen LogP) is 10.5. The molecule has 0 aromatic heterocycles. The van der Waals surface area contributed by atoms with E-state index in [4.69, 9.17) is 0 Å². The highest BCUT2D eigenvalue weighted by molar-refractivity contribution is 6.05. The van der Waals surface area contributed by atoms with E-state index in [1.807, 2.05) is 39.0 Å². The first kappa shape index (κ1) is 37.5. The standard InChI is InChI=1S/3C13H20O/c3*1-5-7-11(14)12-10(2)8-6-9-13(12,3)4/h5,7H,6,8-9H2,1-4H3;5,7-8,12H,6,9H2,1-4H3;5-8,10,12H,9H2,1-4H3/b3*7-5+. The number of rotatable bonds is 6. The van der Waals surface area contributed by atoms with E-state index in [1.54, 1.807) is 18.2 Å². The summed E-state index contributed by atoms with van der Waals surface area (Å²) in [5.41, 5.74) is 3.86. The van der Waals surface area contributed by atoms with E-state index in [0.717, 1.165) is 37.7 Å². The molecule has 0 saturated heterocycles. The lowest BCUT2D eigenvalue weighted by Crippen LogP contribution is -2.36. The van der Waals surface area contributed by atoms with Crippen LogP contribution < -0.4 is 0 Å². The Bertz CT molecular complexity index is 1130. The Hall–Kier alpha value is -2.55. The van der Waals surface area contributed by atoms with Crippen molar-refractivity contribution in [3.63, 3.8) is 0 Å². The third-order valence-electron chi connectivity index (χ3n) is 9.22. The van der Waals surface area contributed by atoms with Crippen molar-refractivity contribution in [3.8, 4) is 0 Å². The molecule has 0 N–H and O–H groups in total. The van der Waals surface area contributed by atoms with E-state index < -0.39 is 0 Å². The minimum atomic E-state index is 0.0684. The molecule has 0 fully saturated rings. The average molecular weight is 577 g/mol. The van der Waals surface area contributed by atoms with Gasteiger partial charge in [0.25, 0.3) is 0 Å². The summed E-state index contributed by atoms with van der Waals surface area (Å²) in [5.74, 6) is 1.33. The summed E-state index contributed by atoms with van der Waals surface area (Å²) in [7, 11) is 0. The maximum absolute atomic E-state index is 11.9. The summed E-state index contributed by atoms with van der Waals surface area (Å²) < 4.78 is 0. The van der Waals surface area contributed by atoms with Crippen LogP contribution in [0.25, 0.3) is 0 Å². The predicted molar refractivity (Wildman–Crippen MR) is 180 cm³/mol. The highest BCUT2D eigenvalue weighted by atomic mass is 16.1. The Kier molecular flexibility index (Phi) is 14.6. The molecule has 0 aromatic carbocycles. The second kappa shape index (κ2) is 16.3. The van der Waals surface area contributed by atoms with Crippen molar-refractivity contribution < 1.29 is 14.4 Å². The summed E-state index contributed by atoms with van der Waals surface area (Å²) in [6.07, 6.45) is 23.8. The first-order chi connectivity index (χ1) is 19.5. The Morgan fingerprint density at radius 2 is 1.38 bits per heavy atom. The van der Waals surface area contributed by atoms with Crippen LogP contribution in [0.1, 0.15) is 122 Å². The SMILES string of the molecule is C/C=C/C(=O)C1=C(C)CCCC1(C)C.C/C=C/C(=O)C1C(C)=CCCC1(C)C.C/C=C/C(=O)C1C(C)C=CCC1(C)C. The second-order valence-electron chi connectivity index (χ2n) is 14.4. The van der Waals surface area contributed by atoms with Crippen LogP contribution in [-0.4, -0.2) is 17.3 Å². The normalized spacial score (nSPS) is 26.3.